The summed E-state index contributed by atoms with van der Waals surface area (Å²) < 4.78 is 12.2. The van der Waals surface area contributed by atoms with Gasteiger partial charge < -0.3 is 19.1 Å². The van der Waals surface area contributed by atoms with Gasteiger partial charge in [-0.2, -0.15) is 0 Å². The van der Waals surface area contributed by atoms with Gasteiger partial charge in [0.1, 0.15) is 24.0 Å². The molecule has 16 rings (SSSR count). The van der Waals surface area contributed by atoms with Gasteiger partial charge in [0.05, 0.1) is 39.1 Å². The smallest absolute Gasteiger partial charge is 0.137 e. The molecule has 0 saturated heterocycles. The SMILES string of the molecule is CC(C)(C)c1ccnc(-n2c3cc(Oc4cc(C5c6ccccc6-c6ccccc65)cc(N5CN(c6c(-c7ccccc7)cc(C(C)(C)C)cc6-c6ccccc6)c6ccccc65)c4)ccc3c3ccc(-n4c5ccccc5c5ccccc54)cc32)c1. The van der Waals surface area contributed by atoms with E-state index in [2.05, 4.69) is 321 Å². The predicted octanol–water partition coefficient (Wildman–Crippen LogP) is 21.4. The Morgan fingerprint density at radius 2 is 0.908 bits per heavy atom. The van der Waals surface area contributed by atoms with Crippen LogP contribution < -0.4 is 14.5 Å². The van der Waals surface area contributed by atoms with Gasteiger partial charge in [0.25, 0.3) is 0 Å². The molecule has 0 radical (unpaired) electrons. The third kappa shape index (κ3) is 8.72. The number of ether oxygens (including phenoxy) is 1. The first-order valence-corrected chi connectivity index (χ1v) is 30.4. The van der Waals surface area contributed by atoms with Crippen LogP contribution in [0.5, 0.6) is 11.5 Å². The highest BCUT2D eigenvalue weighted by molar-refractivity contribution is 6.12. The lowest BCUT2D eigenvalue weighted by molar-refractivity contribution is 0.482. The molecule has 0 amide bonds. The summed E-state index contributed by atoms with van der Waals surface area (Å²) in [5.41, 5.74) is 23.4. The summed E-state index contributed by atoms with van der Waals surface area (Å²) in [6, 6.07) is 95.8. The molecule has 0 saturated carbocycles. The summed E-state index contributed by atoms with van der Waals surface area (Å²) in [6.07, 6.45) is 1.96. The van der Waals surface area contributed by atoms with Crippen molar-refractivity contribution in [3.05, 3.63) is 295 Å². The number of nitrogens with zero attached hydrogens (tertiary/aromatic N) is 5. The zero-order valence-electron chi connectivity index (χ0n) is 49.8. The molecule has 1 aliphatic carbocycles. The number of benzene rings is 11. The second-order valence-electron chi connectivity index (χ2n) is 25.6. The molecule has 2 aliphatic rings. The van der Waals surface area contributed by atoms with Crippen LogP contribution in [0.2, 0.25) is 0 Å². The van der Waals surface area contributed by atoms with E-state index in [4.69, 9.17) is 9.72 Å². The topological polar surface area (TPSA) is 38.5 Å². The van der Waals surface area contributed by atoms with Crippen molar-refractivity contribution in [3.8, 4) is 56.4 Å². The Labute approximate surface area is 508 Å². The van der Waals surface area contributed by atoms with Gasteiger partial charge in [-0.25, -0.2) is 4.98 Å². The third-order valence-corrected chi connectivity index (χ3v) is 18.2. The minimum Gasteiger partial charge on any atom is -0.457 e. The van der Waals surface area contributed by atoms with Gasteiger partial charge in [-0.05, 0) is 146 Å². The highest BCUT2D eigenvalue weighted by Gasteiger charge is 2.35. The van der Waals surface area contributed by atoms with Gasteiger partial charge in [-0.1, -0.05) is 205 Å². The predicted molar refractivity (Wildman–Crippen MR) is 363 cm³/mol. The summed E-state index contributed by atoms with van der Waals surface area (Å²) in [6.45, 7) is 14.3. The number of anilines is 4. The van der Waals surface area contributed by atoms with Gasteiger partial charge in [0.15, 0.2) is 0 Å². The van der Waals surface area contributed by atoms with Crippen LogP contribution >= 0.6 is 0 Å². The molecule has 0 bridgehead atoms. The van der Waals surface area contributed by atoms with Crippen LogP contribution in [-0.2, 0) is 10.8 Å². The quantitative estimate of drug-likeness (QED) is 0.144. The summed E-state index contributed by atoms with van der Waals surface area (Å²) in [4.78, 5) is 10.2. The van der Waals surface area contributed by atoms with Crippen LogP contribution in [0.4, 0.5) is 22.7 Å². The molecule has 0 atom stereocenters. The van der Waals surface area contributed by atoms with Gasteiger partial charge in [-0.15, -0.1) is 0 Å². The molecule has 11 aromatic carbocycles. The fourth-order valence-electron chi connectivity index (χ4n) is 13.9. The van der Waals surface area contributed by atoms with Crippen molar-refractivity contribution >= 4 is 66.4 Å². The van der Waals surface area contributed by atoms with E-state index in [0.29, 0.717) is 6.67 Å². The normalized spacial score (nSPS) is 13.3. The van der Waals surface area contributed by atoms with Gasteiger partial charge in [0, 0.05) is 68.3 Å². The molecule has 6 heteroatoms. The van der Waals surface area contributed by atoms with Gasteiger partial charge >= 0.3 is 0 Å². The second kappa shape index (κ2) is 20.1. The molecule has 0 unspecified atom stereocenters. The molecule has 0 fully saturated rings. The Morgan fingerprint density at radius 1 is 0.379 bits per heavy atom. The highest BCUT2D eigenvalue weighted by Crippen LogP contribution is 2.54. The highest BCUT2D eigenvalue weighted by atomic mass is 16.5. The van der Waals surface area contributed by atoms with Crippen LogP contribution in [0, 0.1) is 0 Å². The standard InChI is InChI=1S/C81H65N5O/c1-80(2,3)55-41-42-82-77(47-55)86-75-49-57(85-71-33-19-17-29-63(71)64-30-18-20-34-72(64)85)37-39-65(75)66-40-38-59(50-76(66)86)87-60-44-54(78-67-31-15-13-27-61(67)62-28-14-16-32-68(62)78)43-58(48-60)83-51-84(74-36-22-21-35-73(74)83)79-69(52-23-9-7-10-24-52)45-56(81(4,5)6)46-70(79)53-25-11-8-12-26-53/h7-50,78H,51H2,1-6H3. The summed E-state index contributed by atoms with van der Waals surface area (Å²) in [5.74, 6) is 2.33. The van der Waals surface area contributed by atoms with E-state index in [9.17, 15) is 0 Å². The lowest BCUT2D eigenvalue weighted by Gasteiger charge is -2.30. The minimum absolute atomic E-state index is 0.0251. The Morgan fingerprint density at radius 3 is 1.53 bits per heavy atom. The molecule has 420 valence electrons. The zero-order chi connectivity index (χ0) is 58.7. The summed E-state index contributed by atoms with van der Waals surface area (Å²) in [7, 11) is 0. The van der Waals surface area contributed by atoms with Gasteiger partial charge in [-0.3, -0.25) is 4.57 Å². The number of pyridine rings is 1. The lowest BCUT2D eigenvalue weighted by Crippen LogP contribution is -2.25. The van der Waals surface area contributed by atoms with Crippen molar-refractivity contribution in [2.24, 2.45) is 0 Å². The Bertz CT molecular complexity index is 4880. The molecule has 0 N–H and O–H groups in total. The fourth-order valence-corrected chi connectivity index (χ4v) is 13.9. The number of hydrogen-bond donors (Lipinski definition) is 0. The van der Waals surface area contributed by atoms with E-state index in [1.54, 1.807) is 0 Å². The van der Waals surface area contributed by atoms with E-state index in [1.165, 1.54) is 83.1 Å². The van der Waals surface area contributed by atoms with Crippen LogP contribution in [0.3, 0.4) is 0 Å². The van der Waals surface area contributed by atoms with E-state index in [0.717, 1.165) is 67.4 Å². The van der Waals surface area contributed by atoms with Crippen molar-refractivity contribution in [2.75, 3.05) is 16.5 Å². The third-order valence-electron chi connectivity index (χ3n) is 18.2. The molecule has 3 aromatic heterocycles. The number of aromatic nitrogens is 3. The fraction of sp³-hybridized carbons (Fsp3) is 0.123. The van der Waals surface area contributed by atoms with Crippen LogP contribution in [0.15, 0.2) is 267 Å². The van der Waals surface area contributed by atoms with Crippen molar-refractivity contribution in [3.63, 3.8) is 0 Å². The summed E-state index contributed by atoms with van der Waals surface area (Å²) in [5, 5.41) is 4.73. The molecule has 4 heterocycles. The maximum Gasteiger partial charge on any atom is 0.137 e. The number of para-hydroxylation sites is 4. The zero-order valence-corrected chi connectivity index (χ0v) is 49.8. The maximum absolute atomic E-state index is 7.43. The first-order valence-electron chi connectivity index (χ1n) is 30.4. The molecule has 14 aromatic rings. The average Bonchev–Trinajstić information content (AvgIpc) is 1.71. The van der Waals surface area contributed by atoms with Crippen molar-refractivity contribution in [1.82, 2.24) is 14.1 Å². The first kappa shape index (κ1) is 52.1. The minimum atomic E-state index is -0.0972. The Hall–Kier alpha value is -10.4. The van der Waals surface area contributed by atoms with Crippen molar-refractivity contribution in [2.45, 2.75) is 58.3 Å². The van der Waals surface area contributed by atoms with E-state index in [-0.39, 0.29) is 16.7 Å². The second-order valence-corrected chi connectivity index (χ2v) is 25.6. The Kier molecular flexibility index (Phi) is 12.1. The van der Waals surface area contributed by atoms with Crippen molar-refractivity contribution < 1.29 is 4.74 Å². The summed E-state index contributed by atoms with van der Waals surface area (Å²) >= 11 is 0. The monoisotopic (exact) mass is 1120 g/mol. The maximum atomic E-state index is 7.43. The number of fused-ring (bicyclic) bond motifs is 10. The van der Waals surface area contributed by atoms with Crippen LogP contribution in [-0.4, -0.2) is 20.8 Å². The van der Waals surface area contributed by atoms with E-state index in [1.807, 2.05) is 6.20 Å². The molecule has 87 heavy (non-hydrogen) atoms. The van der Waals surface area contributed by atoms with Crippen LogP contribution in [0.25, 0.3) is 88.5 Å². The Balaban J connectivity index is 0.881. The number of rotatable bonds is 9. The van der Waals surface area contributed by atoms with Gasteiger partial charge in [0.2, 0.25) is 0 Å². The molecular weight excluding hydrogens is 1060 g/mol. The molecule has 1 aliphatic heterocycles. The van der Waals surface area contributed by atoms with Crippen molar-refractivity contribution in [1.29, 1.82) is 0 Å². The number of hydrogen-bond acceptors (Lipinski definition) is 4. The molecule has 6 nitrogen and oxygen atoms in total. The van der Waals surface area contributed by atoms with Crippen LogP contribution in [0.1, 0.15) is 75.3 Å². The van der Waals surface area contributed by atoms with E-state index >= 15 is 0 Å². The average molecular weight is 1120 g/mol. The molecular formula is C81H65N5O. The largest absolute Gasteiger partial charge is 0.457 e. The lowest BCUT2D eigenvalue weighted by atomic mass is 9.82. The molecule has 0 spiro atoms. The van der Waals surface area contributed by atoms with E-state index < -0.39 is 0 Å². The first-order chi connectivity index (χ1) is 42.4.